The summed E-state index contributed by atoms with van der Waals surface area (Å²) >= 11 is 0. The molecule has 28 heavy (non-hydrogen) atoms. The molecule has 1 aromatic heterocycles. The Kier molecular flexibility index (Phi) is 3.34. The third-order valence-corrected chi connectivity index (χ3v) is 6.17. The van der Waals surface area contributed by atoms with Crippen LogP contribution in [0, 0.1) is 0 Å². The van der Waals surface area contributed by atoms with Gasteiger partial charge in [0.25, 0.3) is 0 Å². The maximum atomic E-state index is 5.29. The van der Waals surface area contributed by atoms with Crippen molar-refractivity contribution in [3.05, 3.63) is 78.4 Å². The fraction of sp³-hybridized carbons (Fsp3) is 0.148. The Morgan fingerprint density at radius 2 is 1.57 bits per heavy atom. The molecule has 0 aliphatic heterocycles. The molecule has 0 fully saturated rings. The molecule has 0 saturated carbocycles. The molecule has 6 rings (SSSR count). The van der Waals surface area contributed by atoms with Crippen molar-refractivity contribution in [1.82, 2.24) is 4.98 Å². The van der Waals surface area contributed by atoms with Crippen LogP contribution in [0.15, 0.2) is 72.8 Å². The van der Waals surface area contributed by atoms with Gasteiger partial charge in [-0.3, -0.25) is 0 Å². The van der Waals surface area contributed by atoms with Crippen molar-refractivity contribution in [3.8, 4) is 22.4 Å². The second-order valence-electron chi connectivity index (χ2n) is 7.85. The van der Waals surface area contributed by atoms with Crippen molar-refractivity contribution >= 4 is 32.4 Å². The van der Waals surface area contributed by atoms with Crippen molar-refractivity contribution in [1.29, 1.82) is 0 Å². The molecular formula is C27H21N. The monoisotopic (exact) mass is 359 g/mol. The second kappa shape index (κ2) is 5.90. The largest absolute Gasteiger partial charge is 0.246 e. The van der Waals surface area contributed by atoms with Gasteiger partial charge in [-0.2, -0.15) is 0 Å². The molecule has 1 heteroatoms. The average molecular weight is 359 g/mol. The minimum atomic E-state index is 1.11. The summed E-state index contributed by atoms with van der Waals surface area (Å²) in [7, 11) is 0. The van der Waals surface area contributed by atoms with E-state index in [1.54, 1.807) is 0 Å². The van der Waals surface area contributed by atoms with Crippen molar-refractivity contribution in [2.75, 3.05) is 0 Å². The van der Waals surface area contributed by atoms with E-state index >= 15 is 0 Å². The van der Waals surface area contributed by atoms with Crippen LogP contribution in [0.1, 0.15) is 25.3 Å². The molecule has 0 radical (unpaired) electrons. The molecular weight excluding hydrogens is 338 g/mol. The van der Waals surface area contributed by atoms with Crippen molar-refractivity contribution in [3.63, 3.8) is 0 Å². The molecule has 0 bridgehead atoms. The van der Waals surface area contributed by atoms with E-state index in [9.17, 15) is 0 Å². The standard InChI is InChI=1S/C27H21N/c1-2-3-7-19-14-13-18-9-6-11-22-23-16-20-15-12-17-8-4-5-10-21(17)26(20)28-27(23)25(19)24(18)22/h4-6,8-16H,2-3,7H2,1H3. The summed E-state index contributed by atoms with van der Waals surface area (Å²) in [6, 6.07) is 26.6. The Balaban J connectivity index is 1.74. The number of aryl methyl sites for hydroxylation is 1. The predicted octanol–water partition coefficient (Wildman–Crippen LogP) is 7.53. The first kappa shape index (κ1) is 15.8. The van der Waals surface area contributed by atoms with E-state index in [4.69, 9.17) is 4.98 Å². The molecule has 1 aliphatic carbocycles. The zero-order chi connectivity index (χ0) is 18.7. The van der Waals surface area contributed by atoms with Crippen LogP contribution in [-0.2, 0) is 6.42 Å². The van der Waals surface area contributed by atoms with E-state index in [2.05, 4.69) is 79.7 Å². The number of nitrogens with zero attached hydrogens (tertiary/aromatic N) is 1. The van der Waals surface area contributed by atoms with Gasteiger partial charge in [-0.15, -0.1) is 0 Å². The first-order valence-corrected chi connectivity index (χ1v) is 10.2. The molecule has 1 heterocycles. The Bertz CT molecular complexity index is 1390. The van der Waals surface area contributed by atoms with Crippen molar-refractivity contribution in [2.24, 2.45) is 0 Å². The first-order chi connectivity index (χ1) is 13.8. The Labute approximate surface area is 164 Å². The molecule has 1 nitrogen and oxygen atoms in total. The van der Waals surface area contributed by atoms with Crippen LogP contribution in [0.2, 0.25) is 0 Å². The van der Waals surface area contributed by atoms with Crippen LogP contribution in [0.4, 0.5) is 0 Å². The van der Waals surface area contributed by atoms with Gasteiger partial charge in [0.2, 0.25) is 0 Å². The topological polar surface area (TPSA) is 12.9 Å². The van der Waals surface area contributed by atoms with E-state index < -0.39 is 0 Å². The van der Waals surface area contributed by atoms with Crippen LogP contribution in [0.25, 0.3) is 54.8 Å². The molecule has 1 aliphatic rings. The first-order valence-electron chi connectivity index (χ1n) is 10.2. The van der Waals surface area contributed by atoms with Gasteiger partial charge in [0, 0.05) is 21.9 Å². The van der Waals surface area contributed by atoms with Gasteiger partial charge < -0.3 is 0 Å². The highest BCUT2D eigenvalue weighted by Gasteiger charge is 2.25. The van der Waals surface area contributed by atoms with Crippen LogP contribution < -0.4 is 0 Å². The number of fused-ring (bicyclic) bond motifs is 6. The molecule has 0 amide bonds. The number of pyridine rings is 1. The molecule has 0 atom stereocenters. The van der Waals surface area contributed by atoms with Gasteiger partial charge in [0.05, 0.1) is 11.2 Å². The Hall–Kier alpha value is -3.19. The van der Waals surface area contributed by atoms with E-state index in [1.807, 2.05) is 0 Å². The lowest BCUT2D eigenvalue weighted by Crippen LogP contribution is -1.92. The van der Waals surface area contributed by atoms with Gasteiger partial charge in [-0.1, -0.05) is 80.1 Å². The molecule has 0 N–H and O–H groups in total. The van der Waals surface area contributed by atoms with E-state index in [1.165, 1.54) is 67.7 Å². The van der Waals surface area contributed by atoms with Gasteiger partial charge >= 0.3 is 0 Å². The molecule has 4 aromatic carbocycles. The van der Waals surface area contributed by atoms with Gasteiger partial charge in [-0.05, 0) is 46.2 Å². The summed E-state index contributed by atoms with van der Waals surface area (Å²) in [6.07, 6.45) is 3.54. The predicted molar refractivity (Wildman–Crippen MR) is 120 cm³/mol. The highest BCUT2D eigenvalue weighted by molar-refractivity contribution is 6.18. The summed E-state index contributed by atoms with van der Waals surface area (Å²) in [5.74, 6) is 0. The lowest BCUT2D eigenvalue weighted by Gasteiger charge is -2.11. The lowest BCUT2D eigenvalue weighted by atomic mass is 9.96. The second-order valence-corrected chi connectivity index (χ2v) is 7.85. The summed E-state index contributed by atoms with van der Waals surface area (Å²) < 4.78 is 0. The summed E-state index contributed by atoms with van der Waals surface area (Å²) in [6.45, 7) is 2.26. The summed E-state index contributed by atoms with van der Waals surface area (Å²) in [5.41, 5.74) is 7.71. The zero-order valence-electron chi connectivity index (χ0n) is 16.0. The molecule has 5 aromatic rings. The lowest BCUT2D eigenvalue weighted by molar-refractivity contribution is 0.797. The number of aromatic nitrogens is 1. The summed E-state index contributed by atoms with van der Waals surface area (Å²) in [4.78, 5) is 5.29. The fourth-order valence-corrected chi connectivity index (χ4v) is 4.80. The summed E-state index contributed by atoms with van der Waals surface area (Å²) in [5, 5.41) is 6.42. The maximum Gasteiger partial charge on any atom is 0.0797 e. The van der Waals surface area contributed by atoms with Crippen LogP contribution in [-0.4, -0.2) is 4.98 Å². The van der Waals surface area contributed by atoms with Gasteiger partial charge in [0.15, 0.2) is 0 Å². The highest BCUT2D eigenvalue weighted by atomic mass is 14.7. The number of hydrogen-bond donors (Lipinski definition) is 0. The SMILES string of the molecule is CCCCc1ccc2cccc3c2c1-c1nc2c(ccc4ccccc42)cc1-3. The molecule has 0 saturated heterocycles. The molecule has 0 unspecified atom stereocenters. The van der Waals surface area contributed by atoms with Crippen LogP contribution >= 0.6 is 0 Å². The third-order valence-electron chi connectivity index (χ3n) is 6.17. The fourth-order valence-electron chi connectivity index (χ4n) is 4.80. The third kappa shape index (κ3) is 2.10. The number of benzene rings is 4. The zero-order valence-corrected chi connectivity index (χ0v) is 16.0. The van der Waals surface area contributed by atoms with E-state index in [0.717, 1.165) is 11.9 Å². The van der Waals surface area contributed by atoms with Crippen LogP contribution in [0.3, 0.4) is 0 Å². The Morgan fingerprint density at radius 1 is 0.750 bits per heavy atom. The van der Waals surface area contributed by atoms with E-state index in [0.29, 0.717) is 0 Å². The number of hydrogen-bond acceptors (Lipinski definition) is 1. The van der Waals surface area contributed by atoms with Crippen molar-refractivity contribution < 1.29 is 0 Å². The molecule has 134 valence electrons. The minimum Gasteiger partial charge on any atom is -0.246 e. The number of unbranched alkanes of at least 4 members (excludes halogenated alkanes) is 1. The van der Waals surface area contributed by atoms with Gasteiger partial charge in [-0.25, -0.2) is 4.98 Å². The number of rotatable bonds is 3. The minimum absolute atomic E-state index is 1.11. The van der Waals surface area contributed by atoms with Crippen LogP contribution in [0.5, 0.6) is 0 Å². The maximum absolute atomic E-state index is 5.29. The van der Waals surface area contributed by atoms with Gasteiger partial charge in [0.1, 0.15) is 0 Å². The molecule has 0 spiro atoms. The average Bonchev–Trinajstić information content (AvgIpc) is 3.07. The smallest absolute Gasteiger partial charge is 0.0797 e. The highest BCUT2D eigenvalue weighted by Crippen LogP contribution is 2.49. The van der Waals surface area contributed by atoms with E-state index in [-0.39, 0.29) is 0 Å². The quantitative estimate of drug-likeness (QED) is 0.298. The normalized spacial score (nSPS) is 12.2. The Morgan fingerprint density at radius 3 is 2.50 bits per heavy atom. The van der Waals surface area contributed by atoms with Crippen molar-refractivity contribution in [2.45, 2.75) is 26.2 Å².